The van der Waals surface area contributed by atoms with E-state index in [1.54, 1.807) is 23.9 Å². The van der Waals surface area contributed by atoms with Gasteiger partial charge in [-0.3, -0.25) is 0 Å². The van der Waals surface area contributed by atoms with E-state index in [-0.39, 0.29) is 12.2 Å². The number of thioether (sulfide) groups is 1. The maximum absolute atomic E-state index is 13.4. The lowest BCUT2D eigenvalue weighted by Crippen LogP contribution is -2.13. The summed E-state index contributed by atoms with van der Waals surface area (Å²) in [5, 5.41) is 10.1. The van der Waals surface area contributed by atoms with Gasteiger partial charge in [-0.1, -0.05) is 24.6 Å². The van der Waals surface area contributed by atoms with E-state index in [9.17, 15) is 9.50 Å². The summed E-state index contributed by atoms with van der Waals surface area (Å²) in [5.41, 5.74) is 0.415. The Labute approximate surface area is 105 Å². The van der Waals surface area contributed by atoms with E-state index in [1.807, 2.05) is 0 Å². The standard InChI is InChI=1S/C12H16ClFOS/c1-2-16-7-6-9(15)8-10-11(13)4-3-5-12(10)14/h3-5,9,15H,2,6-8H2,1H3. The third-order valence-corrected chi connectivity index (χ3v) is 3.59. The fourth-order valence-corrected chi connectivity index (χ4v) is 2.40. The summed E-state index contributed by atoms with van der Waals surface area (Å²) in [6, 6.07) is 4.59. The summed E-state index contributed by atoms with van der Waals surface area (Å²) < 4.78 is 13.4. The molecule has 1 aromatic rings. The van der Waals surface area contributed by atoms with Crippen LogP contribution in [0.2, 0.25) is 5.02 Å². The Hall–Kier alpha value is -0.250. The molecule has 4 heteroatoms. The van der Waals surface area contributed by atoms with Gasteiger partial charge in [-0.2, -0.15) is 11.8 Å². The van der Waals surface area contributed by atoms with E-state index >= 15 is 0 Å². The second kappa shape index (κ2) is 7.15. The van der Waals surface area contributed by atoms with Crippen molar-refractivity contribution in [2.75, 3.05) is 11.5 Å². The van der Waals surface area contributed by atoms with Crippen LogP contribution in [-0.2, 0) is 6.42 Å². The average Bonchev–Trinajstić information content (AvgIpc) is 2.24. The van der Waals surface area contributed by atoms with E-state index < -0.39 is 6.10 Å². The van der Waals surface area contributed by atoms with Crippen LogP contribution in [0.15, 0.2) is 18.2 Å². The van der Waals surface area contributed by atoms with Crippen LogP contribution >= 0.6 is 23.4 Å². The van der Waals surface area contributed by atoms with E-state index in [0.717, 1.165) is 11.5 Å². The first-order valence-corrected chi connectivity index (χ1v) is 6.87. The van der Waals surface area contributed by atoms with Crippen molar-refractivity contribution >= 4 is 23.4 Å². The normalized spacial score (nSPS) is 12.8. The molecule has 16 heavy (non-hydrogen) atoms. The molecule has 0 fully saturated rings. The maximum atomic E-state index is 13.4. The molecule has 1 N–H and O–H groups in total. The zero-order chi connectivity index (χ0) is 12.0. The van der Waals surface area contributed by atoms with Crippen LogP contribution < -0.4 is 0 Å². The smallest absolute Gasteiger partial charge is 0.127 e. The van der Waals surface area contributed by atoms with Crippen molar-refractivity contribution in [2.45, 2.75) is 25.9 Å². The first-order chi connectivity index (χ1) is 7.65. The zero-order valence-corrected chi connectivity index (χ0v) is 10.8. The van der Waals surface area contributed by atoms with Crippen LogP contribution in [0, 0.1) is 5.82 Å². The minimum absolute atomic E-state index is 0.287. The molecule has 0 saturated carbocycles. The van der Waals surface area contributed by atoms with Crippen molar-refractivity contribution in [3.63, 3.8) is 0 Å². The minimum atomic E-state index is -0.520. The first-order valence-electron chi connectivity index (χ1n) is 5.33. The second-order valence-corrected chi connectivity index (χ2v) is 5.34. The third kappa shape index (κ3) is 4.32. The van der Waals surface area contributed by atoms with Gasteiger partial charge in [0.25, 0.3) is 0 Å². The molecule has 0 aliphatic heterocycles. The second-order valence-electron chi connectivity index (χ2n) is 3.54. The highest BCUT2D eigenvalue weighted by Crippen LogP contribution is 2.21. The maximum Gasteiger partial charge on any atom is 0.127 e. The summed E-state index contributed by atoms with van der Waals surface area (Å²) in [4.78, 5) is 0. The molecule has 0 spiro atoms. The Bertz CT molecular complexity index is 313. The quantitative estimate of drug-likeness (QED) is 0.792. The molecule has 0 heterocycles. The molecule has 1 rings (SSSR count). The fraction of sp³-hybridized carbons (Fsp3) is 0.500. The SMILES string of the molecule is CCSCCC(O)Cc1c(F)cccc1Cl. The molecule has 0 aliphatic carbocycles. The van der Waals surface area contributed by atoms with Gasteiger partial charge >= 0.3 is 0 Å². The monoisotopic (exact) mass is 262 g/mol. The zero-order valence-electron chi connectivity index (χ0n) is 9.25. The van der Waals surface area contributed by atoms with Gasteiger partial charge in [-0.05, 0) is 30.1 Å². The van der Waals surface area contributed by atoms with Crippen molar-refractivity contribution in [1.82, 2.24) is 0 Å². The van der Waals surface area contributed by atoms with Crippen LogP contribution in [0.5, 0.6) is 0 Å². The molecule has 1 atom stereocenters. The number of benzene rings is 1. The summed E-state index contributed by atoms with van der Waals surface area (Å²) in [7, 11) is 0. The lowest BCUT2D eigenvalue weighted by molar-refractivity contribution is 0.171. The summed E-state index contributed by atoms with van der Waals surface area (Å²) >= 11 is 7.65. The van der Waals surface area contributed by atoms with E-state index in [1.165, 1.54) is 6.07 Å². The lowest BCUT2D eigenvalue weighted by atomic mass is 10.1. The van der Waals surface area contributed by atoms with Gasteiger partial charge in [-0.15, -0.1) is 0 Å². The predicted octanol–water partition coefficient (Wildman–Crippen LogP) is 3.53. The van der Waals surface area contributed by atoms with Crippen LogP contribution in [0.4, 0.5) is 4.39 Å². The van der Waals surface area contributed by atoms with Gasteiger partial charge in [0.1, 0.15) is 5.82 Å². The number of hydrogen-bond donors (Lipinski definition) is 1. The molecule has 90 valence electrons. The Kier molecular flexibility index (Phi) is 6.17. The molecule has 0 radical (unpaired) electrons. The third-order valence-electron chi connectivity index (χ3n) is 2.30. The molecule has 1 unspecified atom stereocenters. The van der Waals surface area contributed by atoms with Crippen molar-refractivity contribution in [3.05, 3.63) is 34.6 Å². The Morgan fingerprint density at radius 2 is 2.25 bits per heavy atom. The molecular weight excluding hydrogens is 247 g/mol. The predicted molar refractivity (Wildman–Crippen MR) is 68.7 cm³/mol. The van der Waals surface area contributed by atoms with Crippen LogP contribution in [-0.4, -0.2) is 22.7 Å². The van der Waals surface area contributed by atoms with Crippen LogP contribution in [0.1, 0.15) is 18.9 Å². The first kappa shape index (κ1) is 13.8. The highest BCUT2D eigenvalue weighted by molar-refractivity contribution is 7.99. The topological polar surface area (TPSA) is 20.2 Å². The molecule has 0 aliphatic rings. The summed E-state index contributed by atoms with van der Waals surface area (Å²) in [6.07, 6.45) is 0.437. The van der Waals surface area contributed by atoms with Gasteiger partial charge < -0.3 is 5.11 Å². The van der Waals surface area contributed by atoms with Gasteiger partial charge in [0.05, 0.1) is 6.10 Å². The lowest BCUT2D eigenvalue weighted by Gasteiger charge is -2.12. The van der Waals surface area contributed by atoms with Gasteiger partial charge in [0, 0.05) is 17.0 Å². The van der Waals surface area contributed by atoms with Crippen LogP contribution in [0.3, 0.4) is 0 Å². The number of rotatable bonds is 6. The average molecular weight is 263 g/mol. The van der Waals surface area contributed by atoms with Gasteiger partial charge in [0.15, 0.2) is 0 Å². The number of hydrogen-bond acceptors (Lipinski definition) is 2. The fourth-order valence-electron chi connectivity index (χ4n) is 1.43. The Morgan fingerprint density at radius 3 is 2.88 bits per heavy atom. The van der Waals surface area contributed by atoms with E-state index in [2.05, 4.69) is 6.92 Å². The van der Waals surface area contributed by atoms with E-state index in [0.29, 0.717) is 17.0 Å². The Balaban J connectivity index is 2.52. The van der Waals surface area contributed by atoms with Gasteiger partial charge in [0.2, 0.25) is 0 Å². The van der Waals surface area contributed by atoms with Crippen LogP contribution in [0.25, 0.3) is 0 Å². The number of aliphatic hydroxyl groups is 1. The molecule has 1 nitrogen and oxygen atoms in total. The Morgan fingerprint density at radius 1 is 1.50 bits per heavy atom. The molecule has 0 bridgehead atoms. The molecule has 0 aromatic heterocycles. The van der Waals surface area contributed by atoms with Gasteiger partial charge in [-0.25, -0.2) is 4.39 Å². The highest BCUT2D eigenvalue weighted by Gasteiger charge is 2.12. The number of aliphatic hydroxyl groups excluding tert-OH is 1. The van der Waals surface area contributed by atoms with E-state index in [4.69, 9.17) is 11.6 Å². The summed E-state index contributed by atoms with van der Waals surface area (Å²) in [6.45, 7) is 2.07. The molecular formula is C12H16ClFOS. The summed E-state index contributed by atoms with van der Waals surface area (Å²) in [5.74, 6) is 1.59. The molecule has 1 aromatic carbocycles. The molecule has 0 amide bonds. The number of halogens is 2. The minimum Gasteiger partial charge on any atom is -0.393 e. The van der Waals surface area contributed by atoms with Crippen molar-refractivity contribution in [1.29, 1.82) is 0 Å². The van der Waals surface area contributed by atoms with Crippen molar-refractivity contribution in [2.24, 2.45) is 0 Å². The largest absolute Gasteiger partial charge is 0.393 e. The van der Waals surface area contributed by atoms with Crippen molar-refractivity contribution in [3.8, 4) is 0 Å². The molecule has 0 saturated heterocycles. The van der Waals surface area contributed by atoms with Crippen molar-refractivity contribution < 1.29 is 9.50 Å². The highest BCUT2D eigenvalue weighted by atomic mass is 35.5.